The van der Waals surface area contributed by atoms with Gasteiger partial charge in [0.25, 0.3) is 5.91 Å². The van der Waals surface area contributed by atoms with E-state index in [1.165, 1.54) is 4.90 Å². The van der Waals surface area contributed by atoms with Gasteiger partial charge in [-0.15, -0.1) is 0 Å². The predicted molar refractivity (Wildman–Crippen MR) is 67.3 cm³/mol. The molecule has 6 heteroatoms. The molecule has 0 aromatic carbocycles. The highest BCUT2D eigenvalue weighted by molar-refractivity contribution is 5.94. The molecule has 2 rings (SSSR count). The second kappa shape index (κ2) is 5.88. The molecule has 0 atom stereocenters. The first-order valence-electron chi connectivity index (χ1n) is 6.41. The molecule has 1 aliphatic carbocycles. The first-order valence-corrected chi connectivity index (χ1v) is 6.41. The van der Waals surface area contributed by atoms with Crippen molar-refractivity contribution in [2.24, 2.45) is 5.73 Å². The Morgan fingerprint density at radius 1 is 1.47 bits per heavy atom. The van der Waals surface area contributed by atoms with Crippen LogP contribution >= 0.6 is 0 Å². The number of nitrogens with two attached hydrogens (primary N) is 1. The number of hydrogen-bond acceptors (Lipinski definition) is 5. The Labute approximate surface area is 111 Å². The molecule has 0 radical (unpaired) electrons. The third-order valence-electron chi connectivity index (χ3n) is 2.93. The number of hydrogen-bond donors (Lipinski definition) is 1. The number of esters is 1. The van der Waals surface area contributed by atoms with Gasteiger partial charge in [0.15, 0.2) is 5.76 Å². The van der Waals surface area contributed by atoms with E-state index >= 15 is 0 Å². The van der Waals surface area contributed by atoms with Crippen LogP contribution in [0, 0.1) is 0 Å². The van der Waals surface area contributed by atoms with Gasteiger partial charge in [0.1, 0.15) is 12.3 Å². The molecule has 0 aliphatic heterocycles. The van der Waals surface area contributed by atoms with E-state index in [-0.39, 0.29) is 30.8 Å². The topological polar surface area (TPSA) is 85.8 Å². The Morgan fingerprint density at radius 2 is 2.21 bits per heavy atom. The van der Waals surface area contributed by atoms with Crippen LogP contribution in [0.25, 0.3) is 0 Å². The van der Waals surface area contributed by atoms with E-state index in [1.807, 2.05) is 0 Å². The van der Waals surface area contributed by atoms with E-state index in [9.17, 15) is 9.59 Å². The van der Waals surface area contributed by atoms with Crippen molar-refractivity contribution in [3.05, 3.63) is 23.7 Å². The lowest BCUT2D eigenvalue weighted by molar-refractivity contribution is -0.144. The first-order chi connectivity index (χ1) is 9.15. The Morgan fingerprint density at radius 3 is 2.74 bits per heavy atom. The Hall–Kier alpha value is -1.82. The summed E-state index contributed by atoms with van der Waals surface area (Å²) in [5, 5.41) is 0. The molecule has 104 valence electrons. The minimum absolute atomic E-state index is 0.0317. The van der Waals surface area contributed by atoms with Gasteiger partial charge in [0.05, 0.1) is 13.2 Å². The largest absolute Gasteiger partial charge is 0.465 e. The maximum Gasteiger partial charge on any atom is 0.325 e. The van der Waals surface area contributed by atoms with E-state index in [0.29, 0.717) is 12.4 Å². The van der Waals surface area contributed by atoms with Gasteiger partial charge in [-0.05, 0) is 31.9 Å². The third kappa shape index (κ3) is 3.35. The Kier molecular flexibility index (Phi) is 4.21. The number of carbonyl (C=O) groups excluding carboxylic acids is 2. The van der Waals surface area contributed by atoms with Crippen molar-refractivity contribution < 1.29 is 18.7 Å². The first kappa shape index (κ1) is 13.6. The molecular weight excluding hydrogens is 248 g/mol. The van der Waals surface area contributed by atoms with Gasteiger partial charge >= 0.3 is 5.97 Å². The van der Waals surface area contributed by atoms with Gasteiger partial charge in [-0.1, -0.05) is 0 Å². The monoisotopic (exact) mass is 266 g/mol. The summed E-state index contributed by atoms with van der Waals surface area (Å²) in [6, 6.07) is 3.37. The summed E-state index contributed by atoms with van der Waals surface area (Å²) in [6.45, 7) is 2.26. The third-order valence-corrected chi connectivity index (χ3v) is 2.93. The molecule has 1 aliphatic rings. The molecule has 0 unspecified atom stereocenters. The van der Waals surface area contributed by atoms with Gasteiger partial charge in [0.2, 0.25) is 0 Å². The normalized spacial score (nSPS) is 14.2. The second-order valence-corrected chi connectivity index (χ2v) is 4.44. The summed E-state index contributed by atoms with van der Waals surface area (Å²) in [5.41, 5.74) is 5.44. The van der Waals surface area contributed by atoms with E-state index in [4.69, 9.17) is 14.9 Å². The lowest BCUT2D eigenvalue weighted by Gasteiger charge is -2.19. The summed E-state index contributed by atoms with van der Waals surface area (Å²) in [4.78, 5) is 25.3. The number of nitrogens with zero attached hydrogens (tertiary/aromatic N) is 1. The molecule has 1 fully saturated rings. The van der Waals surface area contributed by atoms with Gasteiger partial charge in [-0.25, -0.2) is 0 Å². The fourth-order valence-electron chi connectivity index (χ4n) is 1.84. The van der Waals surface area contributed by atoms with Crippen LogP contribution in [0.2, 0.25) is 0 Å². The molecule has 1 aromatic rings. The minimum atomic E-state index is -0.395. The zero-order valence-electron chi connectivity index (χ0n) is 10.9. The van der Waals surface area contributed by atoms with Crippen molar-refractivity contribution in [3.63, 3.8) is 0 Å². The number of carbonyl (C=O) groups is 2. The van der Waals surface area contributed by atoms with E-state index in [0.717, 1.165) is 12.8 Å². The molecule has 1 heterocycles. The Balaban J connectivity index is 2.06. The highest BCUT2D eigenvalue weighted by atomic mass is 16.5. The molecule has 6 nitrogen and oxygen atoms in total. The average molecular weight is 266 g/mol. The van der Waals surface area contributed by atoms with Crippen LogP contribution in [0.3, 0.4) is 0 Å². The number of furan rings is 1. The van der Waals surface area contributed by atoms with E-state index in [1.54, 1.807) is 19.1 Å². The van der Waals surface area contributed by atoms with Gasteiger partial charge < -0.3 is 19.8 Å². The van der Waals surface area contributed by atoms with Crippen molar-refractivity contribution in [3.8, 4) is 0 Å². The fourth-order valence-corrected chi connectivity index (χ4v) is 1.84. The molecule has 19 heavy (non-hydrogen) atoms. The van der Waals surface area contributed by atoms with E-state index < -0.39 is 5.97 Å². The highest BCUT2D eigenvalue weighted by Gasteiger charge is 2.35. The van der Waals surface area contributed by atoms with Gasteiger partial charge in [0, 0.05) is 6.04 Å². The lowest BCUT2D eigenvalue weighted by Crippen LogP contribution is -2.38. The number of amides is 1. The lowest BCUT2D eigenvalue weighted by atomic mass is 10.3. The molecule has 0 spiro atoms. The predicted octanol–water partition coefficient (Wildman–Crippen LogP) is 0.906. The summed E-state index contributed by atoms with van der Waals surface area (Å²) in [7, 11) is 0. The quantitative estimate of drug-likeness (QED) is 0.773. The SMILES string of the molecule is CCOC(=O)CN(C(=O)c1ccc(CN)o1)C1CC1. The maximum absolute atomic E-state index is 12.3. The van der Waals surface area contributed by atoms with Crippen LogP contribution in [0.4, 0.5) is 0 Å². The molecule has 1 aromatic heterocycles. The van der Waals surface area contributed by atoms with Crippen LogP contribution in [-0.4, -0.2) is 36.0 Å². The molecule has 0 saturated heterocycles. The highest BCUT2D eigenvalue weighted by Crippen LogP contribution is 2.28. The van der Waals surface area contributed by atoms with Crippen molar-refractivity contribution in [1.29, 1.82) is 0 Å². The van der Waals surface area contributed by atoms with Crippen LogP contribution in [0.15, 0.2) is 16.5 Å². The number of rotatable bonds is 6. The minimum Gasteiger partial charge on any atom is -0.465 e. The second-order valence-electron chi connectivity index (χ2n) is 4.44. The molecule has 1 saturated carbocycles. The molecule has 2 N–H and O–H groups in total. The van der Waals surface area contributed by atoms with Crippen LogP contribution in [0.1, 0.15) is 36.1 Å². The maximum atomic E-state index is 12.3. The number of ether oxygens (including phenoxy) is 1. The zero-order valence-corrected chi connectivity index (χ0v) is 10.9. The average Bonchev–Trinajstić information content (AvgIpc) is 3.12. The van der Waals surface area contributed by atoms with Crippen LogP contribution in [0.5, 0.6) is 0 Å². The van der Waals surface area contributed by atoms with Crippen LogP contribution < -0.4 is 5.73 Å². The summed E-state index contributed by atoms with van der Waals surface area (Å²) in [6.07, 6.45) is 1.82. The van der Waals surface area contributed by atoms with Crippen molar-refractivity contribution in [2.75, 3.05) is 13.2 Å². The molecule has 0 bridgehead atoms. The molecular formula is C13H18N2O4. The van der Waals surface area contributed by atoms with Crippen molar-refractivity contribution in [2.45, 2.75) is 32.4 Å². The summed E-state index contributed by atoms with van der Waals surface area (Å²) >= 11 is 0. The van der Waals surface area contributed by atoms with Crippen molar-refractivity contribution in [1.82, 2.24) is 4.90 Å². The van der Waals surface area contributed by atoms with E-state index in [2.05, 4.69) is 0 Å². The standard InChI is InChI=1S/C13H18N2O4/c1-2-18-12(16)8-15(9-3-4-9)13(17)11-6-5-10(7-14)19-11/h5-6,9H,2-4,7-8,14H2,1H3. The van der Waals surface area contributed by atoms with Crippen molar-refractivity contribution >= 4 is 11.9 Å². The van der Waals surface area contributed by atoms with Gasteiger partial charge in [-0.3, -0.25) is 9.59 Å². The van der Waals surface area contributed by atoms with Crippen LogP contribution in [-0.2, 0) is 16.1 Å². The summed E-state index contributed by atoms with van der Waals surface area (Å²) < 4.78 is 10.2. The fraction of sp³-hybridized carbons (Fsp3) is 0.538. The van der Waals surface area contributed by atoms with Gasteiger partial charge in [-0.2, -0.15) is 0 Å². The Bertz CT molecular complexity index is 465. The smallest absolute Gasteiger partial charge is 0.325 e. The zero-order chi connectivity index (χ0) is 13.8. The summed E-state index contributed by atoms with van der Waals surface area (Å²) in [5.74, 6) is 0.0930. The molecule has 1 amide bonds.